The number of carbonyl (C=O) groups is 1. The van der Waals surface area contributed by atoms with Crippen molar-refractivity contribution >= 4 is 44.2 Å². The van der Waals surface area contributed by atoms with Crippen molar-refractivity contribution in [2.75, 3.05) is 42.9 Å². The summed E-state index contributed by atoms with van der Waals surface area (Å²) in [6.45, 7) is 10.4. The van der Waals surface area contributed by atoms with Crippen LogP contribution in [0.3, 0.4) is 0 Å². The quantitative estimate of drug-likeness (QED) is 0.0650. The first-order valence-corrected chi connectivity index (χ1v) is 24.3. The molecule has 2 aromatic carbocycles. The smallest absolute Gasteiger partial charge is 0.312 e. The fourth-order valence-corrected chi connectivity index (χ4v) is 11.6. The van der Waals surface area contributed by atoms with Crippen molar-refractivity contribution in [1.29, 1.82) is 0 Å². The third-order valence-electron chi connectivity index (χ3n) is 14.4. The van der Waals surface area contributed by atoms with Gasteiger partial charge in [0, 0.05) is 62.8 Å². The van der Waals surface area contributed by atoms with Crippen molar-refractivity contribution in [3.05, 3.63) is 106 Å². The Labute approximate surface area is 378 Å². The molecule has 2 aliphatic carbocycles. The van der Waals surface area contributed by atoms with Gasteiger partial charge in [0.05, 0.1) is 33.9 Å². The number of aromatic amines is 1. The van der Waals surface area contributed by atoms with Crippen molar-refractivity contribution in [1.82, 2.24) is 24.6 Å². The van der Waals surface area contributed by atoms with E-state index in [1.54, 1.807) is 19.1 Å². The second-order valence-corrected chi connectivity index (χ2v) is 21.0. The number of rotatable bonds is 13. The average molecular weight is 909 g/mol. The molecule has 17 heteroatoms. The SMILES string of the molecule is CC(C)c1ccccc1[C@@H]1CCC[C@@H]1N1CC2(CCN(c3ccc(C(=O)NS(=O)(=O)c4cnc(NCC5CCC(C)(O)CC5)c([N+](=O)[O-])c4)c(Oc4cnc5[nH]cc(F)c5c4)c3)CC2)C1. The molecule has 2 atom stereocenters. The van der Waals surface area contributed by atoms with E-state index in [0.29, 0.717) is 42.9 Å². The Morgan fingerprint density at radius 2 is 1.78 bits per heavy atom. The van der Waals surface area contributed by atoms with Crippen LogP contribution in [0.4, 0.5) is 21.6 Å². The highest BCUT2D eigenvalue weighted by Crippen LogP contribution is 2.49. The van der Waals surface area contributed by atoms with E-state index in [1.165, 1.54) is 54.9 Å². The number of amides is 1. The van der Waals surface area contributed by atoms with Crippen LogP contribution in [0.1, 0.15) is 112 Å². The van der Waals surface area contributed by atoms with Gasteiger partial charge in [0.15, 0.2) is 0 Å². The standard InChI is InChI=1S/C48H57FN8O7S/c1-30(2)35-7-4-5-8-36(35)37-9-6-10-41(37)56-28-48(29-56)17-19-55(20-18-48)32-11-12-38(43(21-32)64-33-22-39-40(49)27-53-44(39)51-25-33)46(58)54-65(62,63)34-23-42(57(60)61)45(52-26-34)50-24-31-13-15-47(3,59)16-14-31/h4-5,7-8,11-12,21-23,25-27,30-31,37,41,59H,6,9-10,13-20,24,28-29H2,1-3H3,(H,50,52)(H,51,53)(H,54,58)/t31?,37-,41-,47?/m0/s1. The van der Waals surface area contributed by atoms with Crippen molar-refractivity contribution in [2.45, 2.75) is 107 Å². The number of nitrogens with one attached hydrogen (secondary N) is 3. The monoisotopic (exact) mass is 908 g/mol. The van der Waals surface area contributed by atoms with Crippen molar-refractivity contribution in [3.63, 3.8) is 0 Å². The van der Waals surface area contributed by atoms with Crippen LogP contribution in [0, 0.1) is 27.3 Å². The van der Waals surface area contributed by atoms with Gasteiger partial charge in [0.1, 0.15) is 27.9 Å². The van der Waals surface area contributed by atoms with Crippen LogP contribution in [0.5, 0.6) is 11.5 Å². The minimum Gasteiger partial charge on any atom is -0.455 e. The fourth-order valence-electron chi connectivity index (χ4n) is 10.7. The lowest BCUT2D eigenvalue weighted by Crippen LogP contribution is -2.63. The van der Waals surface area contributed by atoms with Crippen molar-refractivity contribution < 1.29 is 32.4 Å². The Kier molecular flexibility index (Phi) is 12.1. The summed E-state index contributed by atoms with van der Waals surface area (Å²) in [5, 5.41) is 25.6. The molecule has 344 valence electrons. The summed E-state index contributed by atoms with van der Waals surface area (Å²) in [6.07, 6.45) is 11.8. The summed E-state index contributed by atoms with van der Waals surface area (Å²) in [7, 11) is -4.68. The zero-order valence-electron chi connectivity index (χ0n) is 37.1. The number of H-pyrrole nitrogens is 1. The van der Waals surface area contributed by atoms with Crippen molar-refractivity contribution in [3.8, 4) is 11.5 Å². The number of nitro groups is 1. The lowest BCUT2D eigenvalue weighted by atomic mass is 9.70. The van der Waals surface area contributed by atoms with E-state index in [-0.39, 0.29) is 39.6 Å². The molecule has 9 rings (SSSR count). The van der Waals surface area contributed by atoms with E-state index in [2.05, 4.69) is 68.2 Å². The topological polar surface area (TPSA) is 196 Å². The number of fused-ring (bicyclic) bond motifs is 1. The predicted molar refractivity (Wildman–Crippen MR) is 246 cm³/mol. The van der Waals surface area contributed by atoms with Crippen LogP contribution in [0.15, 0.2) is 78.1 Å². The lowest BCUT2D eigenvalue weighted by molar-refractivity contribution is -0.384. The van der Waals surface area contributed by atoms with Gasteiger partial charge in [-0.25, -0.2) is 27.5 Å². The highest BCUT2D eigenvalue weighted by molar-refractivity contribution is 7.90. The van der Waals surface area contributed by atoms with Gasteiger partial charge < -0.3 is 25.0 Å². The first-order valence-electron chi connectivity index (χ1n) is 22.8. The third kappa shape index (κ3) is 9.27. The van der Waals surface area contributed by atoms with Crippen LogP contribution < -0.4 is 19.7 Å². The molecule has 0 unspecified atom stereocenters. The predicted octanol–water partition coefficient (Wildman–Crippen LogP) is 8.63. The number of likely N-dealkylation sites (tertiary alicyclic amines) is 1. The normalized spacial score (nSPS) is 23.4. The van der Waals surface area contributed by atoms with E-state index in [1.807, 2.05) is 4.72 Å². The average Bonchev–Trinajstić information content (AvgIpc) is 3.91. The molecule has 4 N–H and O–H groups in total. The minimum absolute atomic E-state index is 0.0178. The number of carbonyl (C=O) groups excluding carboxylic acids is 1. The summed E-state index contributed by atoms with van der Waals surface area (Å²) in [6, 6.07) is 16.7. The van der Waals surface area contributed by atoms with Crippen molar-refractivity contribution in [2.24, 2.45) is 11.3 Å². The van der Waals surface area contributed by atoms with E-state index in [0.717, 1.165) is 69.8 Å². The summed E-state index contributed by atoms with van der Waals surface area (Å²) in [5.41, 5.74) is 2.84. The second kappa shape index (κ2) is 17.6. The molecular formula is C48H57FN8O7S. The maximum Gasteiger partial charge on any atom is 0.312 e. The number of sulfonamides is 1. The van der Waals surface area contributed by atoms with E-state index in [4.69, 9.17) is 4.74 Å². The zero-order valence-corrected chi connectivity index (χ0v) is 37.9. The molecule has 5 heterocycles. The number of nitrogens with zero attached hydrogens (tertiary/aromatic N) is 5. The van der Waals surface area contributed by atoms with Gasteiger partial charge in [-0.1, -0.05) is 44.5 Å². The maximum atomic E-state index is 14.6. The van der Waals surface area contributed by atoms with Crippen LogP contribution >= 0.6 is 0 Å². The van der Waals surface area contributed by atoms with E-state index >= 15 is 0 Å². The molecular weight excluding hydrogens is 852 g/mol. The van der Waals surface area contributed by atoms with E-state index in [9.17, 15) is 32.8 Å². The number of benzene rings is 2. The molecule has 4 aliphatic rings. The van der Waals surface area contributed by atoms with Gasteiger partial charge >= 0.3 is 5.69 Å². The number of hydrogen-bond donors (Lipinski definition) is 4. The number of piperidine rings is 1. The molecule has 2 saturated heterocycles. The highest BCUT2D eigenvalue weighted by Gasteiger charge is 2.49. The Balaban J connectivity index is 0.905. The van der Waals surface area contributed by atoms with Gasteiger partial charge in [0.25, 0.3) is 15.9 Å². The largest absolute Gasteiger partial charge is 0.455 e. The van der Waals surface area contributed by atoms with Crippen LogP contribution in [0.2, 0.25) is 0 Å². The molecule has 1 amide bonds. The molecule has 3 aromatic heterocycles. The highest BCUT2D eigenvalue weighted by atomic mass is 32.2. The number of aromatic nitrogens is 3. The fraction of sp³-hybridized carbons (Fsp3) is 0.479. The molecule has 0 bridgehead atoms. The van der Waals surface area contributed by atoms with Gasteiger partial charge in [-0.2, -0.15) is 0 Å². The summed E-state index contributed by atoms with van der Waals surface area (Å²) >= 11 is 0. The minimum atomic E-state index is -4.68. The number of aliphatic hydroxyl groups is 1. The molecule has 2 aliphatic heterocycles. The number of ether oxygens (including phenoxy) is 1. The number of hydrogen-bond acceptors (Lipinski definition) is 12. The number of halogens is 1. The first kappa shape index (κ1) is 44.5. The van der Waals surface area contributed by atoms with Gasteiger partial charge in [-0.05, 0) is 111 Å². The van der Waals surface area contributed by atoms with Crippen LogP contribution in [-0.4, -0.2) is 88.6 Å². The number of anilines is 2. The Bertz CT molecular complexity index is 2700. The molecule has 5 aromatic rings. The second-order valence-electron chi connectivity index (χ2n) is 19.3. The first-order chi connectivity index (χ1) is 31.1. The molecule has 1 spiro atoms. The number of pyridine rings is 2. The summed E-state index contributed by atoms with van der Waals surface area (Å²) in [4.78, 5) is 40.8. The maximum absolute atomic E-state index is 14.6. The molecule has 0 radical (unpaired) electrons. The molecule has 65 heavy (non-hydrogen) atoms. The summed E-state index contributed by atoms with van der Waals surface area (Å²) in [5.74, 6) is -0.353. The Morgan fingerprint density at radius 3 is 2.52 bits per heavy atom. The van der Waals surface area contributed by atoms with Gasteiger partial charge in [-0.3, -0.25) is 19.8 Å². The third-order valence-corrected chi connectivity index (χ3v) is 15.7. The van der Waals surface area contributed by atoms with Gasteiger partial charge in [-0.15, -0.1) is 0 Å². The Morgan fingerprint density at radius 1 is 1.03 bits per heavy atom. The summed E-state index contributed by atoms with van der Waals surface area (Å²) < 4.78 is 50.3. The lowest BCUT2D eigenvalue weighted by Gasteiger charge is -2.57. The molecule has 2 saturated carbocycles. The van der Waals surface area contributed by atoms with Gasteiger partial charge in [0.2, 0.25) is 5.82 Å². The molecule has 15 nitrogen and oxygen atoms in total. The van der Waals surface area contributed by atoms with Crippen LogP contribution in [-0.2, 0) is 10.0 Å². The molecule has 4 fully saturated rings. The van der Waals surface area contributed by atoms with Crippen LogP contribution in [0.25, 0.3) is 11.0 Å². The zero-order chi connectivity index (χ0) is 45.7. The van der Waals surface area contributed by atoms with E-state index < -0.39 is 42.9 Å². The Hall–Kier alpha value is -5.65.